The zero-order chi connectivity index (χ0) is 83.3. The summed E-state index contributed by atoms with van der Waals surface area (Å²) in [7, 11) is -0.533. The fourth-order valence-corrected chi connectivity index (χ4v) is 11.2. The normalized spacial score (nSPS) is 15.3. The van der Waals surface area contributed by atoms with Crippen molar-refractivity contribution in [3.63, 3.8) is 0 Å². The highest BCUT2D eigenvalue weighted by Gasteiger charge is 2.53. The van der Waals surface area contributed by atoms with Gasteiger partial charge in [0.05, 0.1) is 44.7 Å². The highest BCUT2D eigenvalue weighted by molar-refractivity contribution is 9.11. The van der Waals surface area contributed by atoms with Crippen molar-refractivity contribution in [3.8, 4) is 33.4 Å². The van der Waals surface area contributed by atoms with E-state index in [0.29, 0.717) is 49.5 Å². The molecule has 0 saturated carbocycles. The first-order chi connectivity index (χ1) is 51.2. The summed E-state index contributed by atoms with van der Waals surface area (Å²) in [6.07, 6.45) is 13.5. The lowest BCUT2D eigenvalue weighted by Gasteiger charge is -2.32. The molecular weight excluding hydrogens is 1630 g/mol. The Bertz CT molecular complexity index is 4520. The van der Waals surface area contributed by atoms with E-state index in [1.807, 2.05) is 39.8 Å². The Kier molecular flexibility index (Phi) is 30.8. The largest absolute Gasteiger partial charge is 0.498 e. The number of hydrogen-bond donors (Lipinski definition) is 4. The number of halogens is 7. The average molecular weight is 1730 g/mol. The van der Waals surface area contributed by atoms with Crippen molar-refractivity contribution in [1.29, 1.82) is 0 Å². The predicted octanol–water partition coefficient (Wildman–Crippen LogP) is 19.4. The Morgan fingerprint density at radius 1 is 0.405 bits per heavy atom. The molecule has 111 heavy (non-hydrogen) atoms. The van der Waals surface area contributed by atoms with Crippen molar-refractivity contribution in [2.45, 2.75) is 209 Å². The third kappa shape index (κ3) is 26.8. The first kappa shape index (κ1) is 91.3. The molecule has 594 valence electrons. The average Bonchev–Trinajstić information content (AvgIpc) is 1.62. The van der Waals surface area contributed by atoms with Crippen LogP contribution in [0.5, 0.6) is 0 Å². The molecule has 3 aliphatic rings. The molecule has 2 aliphatic heterocycles. The number of nitrogens with two attached hydrogens (primary N) is 4. The highest BCUT2D eigenvalue weighted by Crippen LogP contribution is 2.41. The molecule has 0 amide bonds. The zero-order valence-electron chi connectivity index (χ0n) is 66.4. The first-order valence-electron chi connectivity index (χ1n) is 35.6. The maximum Gasteiger partial charge on any atom is 0.498 e. The van der Waals surface area contributed by atoms with Gasteiger partial charge in [-0.25, -0.2) is 56.7 Å². The number of pyridine rings is 4. The number of carbonyl (C=O) groups excluding carboxylic acids is 4. The third-order valence-electron chi connectivity index (χ3n) is 17.1. The van der Waals surface area contributed by atoms with Gasteiger partial charge in [-0.15, -0.1) is 0 Å². The lowest BCUT2D eigenvalue weighted by molar-refractivity contribution is 0.00518. The van der Waals surface area contributed by atoms with Crippen LogP contribution in [0.25, 0.3) is 33.4 Å². The standard InChI is InChI=1S/2C16H16BrFN2O2.C16H17FN2O2.C12H21BO2.C11H17BN2O2.C11H12BrFO2/c2*1-16(2,3)22-15(21)11-5-4-9(6-13(11)18)12-7-10(17)8-20-14(12)19;1-16(2,3)21-15(20)12-7-6-10(9-13(12)17)11-5-4-8-19-14(11)18;1-11(2)12(3,4)15-13(14-11)10-8-6-5-7-9-10;1-10(2)11(3,4)16-12(15-10)8-6-5-7-14-9(8)13;1-11(2,3)15-10(14)8-5-4-7(12)6-9(8)13/h2*4-8H,1-3H3,(H2,19,20);4-9H,1-3H3,(H2,18,19);8H,5-7,9H2,1-4H3;5-7H,1-4H3,(H2,13,14);4-6H,1-3H3. The molecule has 0 bridgehead atoms. The molecule has 8 N–H and O–H groups in total. The van der Waals surface area contributed by atoms with E-state index >= 15 is 0 Å². The lowest BCUT2D eigenvalue weighted by Crippen LogP contribution is -2.41. The van der Waals surface area contributed by atoms with Gasteiger partial charge in [-0.3, -0.25) is 0 Å². The van der Waals surface area contributed by atoms with E-state index in [4.69, 9.17) is 60.5 Å². The minimum absolute atomic E-state index is 0.0480. The van der Waals surface area contributed by atoms with Gasteiger partial charge >= 0.3 is 38.1 Å². The van der Waals surface area contributed by atoms with E-state index in [1.165, 1.54) is 73.3 Å². The van der Waals surface area contributed by atoms with Gasteiger partial charge in [0.25, 0.3) is 0 Å². The number of anilines is 4. The molecule has 29 heteroatoms. The minimum Gasteiger partial charge on any atom is -0.456 e. The fraction of sp³-hybridized carbons (Fsp3) is 0.390. The van der Waals surface area contributed by atoms with Crippen molar-refractivity contribution in [2.75, 3.05) is 22.9 Å². The van der Waals surface area contributed by atoms with Crippen molar-refractivity contribution >= 4 is 115 Å². The molecular formula is C82H99B2Br3F4N8O12. The van der Waals surface area contributed by atoms with Crippen LogP contribution < -0.4 is 28.4 Å². The van der Waals surface area contributed by atoms with Crippen LogP contribution in [0.15, 0.2) is 159 Å². The van der Waals surface area contributed by atoms with Gasteiger partial charge in [0, 0.05) is 60.4 Å². The van der Waals surface area contributed by atoms with Crippen LogP contribution in [0.2, 0.25) is 0 Å². The number of allylic oxidation sites excluding steroid dienone is 2. The van der Waals surface area contributed by atoms with Gasteiger partial charge in [-0.05, 0) is 303 Å². The summed E-state index contributed by atoms with van der Waals surface area (Å²) in [5.74, 6) is -3.95. The highest BCUT2D eigenvalue weighted by atomic mass is 79.9. The van der Waals surface area contributed by atoms with Gasteiger partial charge in [-0.2, -0.15) is 0 Å². The van der Waals surface area contributed by atoms with Crippen molar-refractivity contribution < 1.29 is 74.3 Å². The van der Waals surface area contributed by atoms with E-state index in [1.54, 1.807) is 156 Å². The Labute approximate surface area is 674 Å². The maximum atomic E-state index is 14.2. The second kappa shape index (κ2) is 37.4. The summed E-state index contributed by atoms with van der Waals surface area (Å²) in [5.41, 5.74) is 24.6. The third-order valence-corrected chi connectivity index (χ3v) is 18.5. The molecule has 11 rings (SSSR count). The van der Waals surface area contributed by atoms with Crippen molar-refractivity contribution in [1.82, 2.24) is 19.9 Å². The summed E-state index contributed by atoms with van der Waals surface area (Å²) < 4.78 is 102. The van der Waals surface area contributed by atoms with Gasteiger partial charge in [0.15, 0.2) is 0 Å². The summed E-state index contributed by atoms with van der Waals surface area (Å²) in [6.45, 7) is 37.2. The van der Waals surface area contributed by atoms with Gasteiger partial charge in [-0.1, -0.05) is 46.3 Å². The van der Waals surface area contributed by atoms with Gasteiger partial charge in [0.2, 0.25) is 0 Å². The fourth-order valence-electron chi connectivity index (χ4n) is 10.2. The molecule has 0 atom stereocenters. The number of hydrogen-bond acceptors (Lipinski definition) is 20. The lowest BCUT2D eigenvalue weighted by atomic mass is 9.73. The molecule has 1 aliphatic carbocycles. The van der Waals surface area contributed by atoms with Crippen molar-refractivity contribution in [2.24, 2.45) is 0 Å². The van der Waals surface area contributed by atoms with Gasteiger partial charge < -0.3 is 60.5 Å². The second-order valence-electron chi connectivity index (χ2n) is 32.0. The Morgan fingerprint density at radius 2 is 0.730 bits per heavy atom. The monoisotopic (exact) mass is 1720 g/mol. The van der Waals surface area contributed by atoms with E-state index in [2.05, 4.69) is 101 Å². The molecule has 20 nitrogen and oxygen atoms in total. The van der Waals surface area contributed by atoms with E-state index in [0.717, 1.165) is 20.8 Å². The number of nitrogen functional groups attached to an aromatic ring is 4. The van der Waals surface area contributed by atoms with Crippen LogP contribution in [0.4, 0.5) is 40.8 Å². The molecule has 0 unspecified atom stereocenters. The first-order valence-corrected chi connectivity index (χ1v) is 38.0. The van der Waals surface area contributed by atoms with Crippen LogP contribution in [-0.4, -0.2) is 103 Å². The van der Waals surface area contributed by atoms with E-state index in [-0.39, 0.29) is 63.4 Å². The zero-order valence-corrected chi connectivity index (χ0v) is 71.2. The number of ether oxygens (including phenoxy) is 4. The van der Waals surface area contributed by atoms with Crippen LogP contribution in [0, 0.1) is 23.3 Å². The summed E-state index contributed by atoms with van der Waals surface area (Å²) >= 11 is 9.71. The number of carbonyl (C=O) groups is 4. The van der Waals surface area contributed by atoms with Gasteiger partial charge in [0.1, 0.15) is 68.9 Å². The summed E-state index contributed by atoms with van der Waals surface area (Å²) in [6, 6.07) is 27.6. The minimum atomic E-state index is -0.697. The Balaban J connectivity index is 0.000000209. The van der Waals surface area contributed by atoms with Crippen LogP contribution in [0.1, 0.15) is 206 Å². The number of aromatic nitrogens is 4. The smallest absolute Gasteiger partial charge is 0.456 e. The van der Waals surface area contributed by atoms with Crippen LogP contribution in [-0.2, 0) is 37.6 Å². The molecule has 6 heterocycles. The number of benzene rings is 4. The number of nitrogens with zero attached hydrogens (tertiary/aromatic N) is 4. The Hall–Kier alpha value is -8.57. The van der Waals surface area contributed by atoms with Crippen LogP contribution >= 0.6 is 47.8 Å². The number of rotatable bonds is 9. The SMILES string of the molecule is CC(C)(C)OC(=O)c1ccc(-c2cc(Br)cnc2N)cc1F.CC(C)(C)OC(=O)c1ccc(-c2cc(Br)cnc2N)cc1F.CC(C)(C)OC(=O)c1ccc(-c2cccnc2N)cc1F.CC(C)(C)OC(=O)c1ccc(Br)cc1F.CC1(C)OB(C2=CCCCC2)OC1(C)C.CC1(C)OB(c2cccnc2N)OC1(C)C. The summed E-state index contributed by atoms with van der Waals surface area (Å²) in [5, 5.41) is 0. The molecule has 2 fully saturated rings. The Morgan fingerprint density at radius 3 is 1.05 bits per heavy atom. The molecule has 4 aromatic heterocycles. The maximum absolute atomic E-state index is 14.2. The molecule has 0 radical (unpaired) electrons. The molecule has 8 aromatic rings. The molecule has 0 spiro atoms. The summed E-state index contributed by atoms with van der Waals surface area (Å²) in [4.78, 5) is 63.3. The molecule has 4 aromatic carbocycles. The topological polar surface area (TPSA) is 298 Å². The van der Waals surface area contributed by atoms with Crippen LogP contribution in [0.3, 0.4) is 0 Å². The number of esters is 4. The second-order valence-corrected chi connectivity index (χ2v) is 34.8. The van der Waals surface area contributed by atoms with E-state index < -0.39 is 76.7 Å². The molecule has 2 saturated heterocycles. The van der Waals surface area contributed by atoms with E-state index in [9.17, 15) is 36.7 Å². The quantitative estimate of drug-likeness (QED) is 0.0452. The predicted molar refractivity (Wildman–Crippen MR) is 439 cm³/mol. The van der Waals surface area contributed by atoms with Crippen molar-refractivity contribution in [3.05, 3.63) is 204 Å².